The predicted octanol–water partition coefficient (Wildman–Crippen LogP) is 2.05. The number of hydrogen-bond acceptors (Lipinski definition) is 1. The molecule has 0 aromatic rings. The number of rotatable bonds is 3. The van der Waals surface area contributed by atoms with Gasteiger partial charge in [-0.3, -0.25) is 0 Å². The highest BCUT2D eigenvalue weighted by molar-refractivity contribution is 5.85. The van der Waals surface area contributed by atoms with Crippen LogP contribution >= 0.6 is 12.4 Å². The van der Waals surface area contributed by atoms with Crippen LogP contribution in [0.5, 0.6) is 0 Å². The lowest BCUT2D eigenvalue weighted by molar-refractivity contribution is 0.926. The van der Waals surface area contributed by atoms with E-state index in [2.05, 4.69) is 6.58 Å². The molecule has 0 saturated carbocycles. The molecule has 0 aliphatic rings. The predicted molar refractivity (Wildman–Crippen MR) is 49.4 cm³/mol. The van der Waals surface area contributed by atoms with Crippen LogP contribution in [-0.4, -0.2) is 6.04 Å². The van der Waals surface area contributed by atoms with Gasteiger partial charge in [0.1, 0.15) is 0 Å². The zero-order valence-corrected chi connectivity index (χ0v) is 6.97. The number of allylic oxidation sites excluding steroid dienone is 4. The molecule has 0 radical (unpaired) electrons. The molecule has 2 heteroatoms. The molecule has 1 nitrogen and oxygen atoms in total. The van der Waals surface area contributed by atoms with Gasteiger partial charge in [0.2, 0.25) is 0 Å². The second-order valence-electron chi connectivity index (χ2n) is 1.86. The van der Waals surface area contributed by atoms with E-state index in [0.717, 1.165) is 0 Å². The Labute approximate surface area is 68.7 Å². The molecule has 2 N–H and O–H groups in total. The summed E-state index contributed by atoms with van der Waals surface area (Å²) in [5.41, 5.74) is 5.43. The summed E-state index contributed by atoms with van der Waals surface area (Å²) >= 11 is 0. The van der Waals surface area contributed by atoms with Gasteiger partial charge in [-0.05, 0) is 6.92 Å². The molecule has 0 aliphatic heterocycles. The molecule has 0 fully saturated rings. The highest BCUT2D eigenvalue weighted by Crippen LogP contribution is 1.80. The molecule has 0 aliphatic carbocycles. The smallest absolute Gasteiger partial charge is 0.0197 e. The lowest BCUT2D eigenvalue weighted by atomic mass is 10.3. The van der Waals surface area contributed by atoms with Crippen molar-refractivity contribution in [2.24, 2.45) is 5.73 Å². The minimum Gasteiger partial charge on any atom is -0.325 e. The molecule has 0 aromatic heterocycles. The van der Waals surface area contributed by atoms with Crippen LogP contribution in [0.15, 0.2) is 37.0 Å². The van der Waals surface area contributed by atoms with Crippen molar-refractivity contribution in [3.63, 3.8) is 0 Å². The molecular weight excluding hydrogens is 146 g/mol. The molecular formula is C8H14ClN. The highest BCUT2D eigenvalue weighted by Gasteiger charge is 1.77. The molecule has 0 rings (SSSR count). The first-order valence-corrected chi connectivity index (χ1v) is 2.99. The molecule has 1 unspecified atom stereocenters. The van der Waals surface area contributed by atoms with Gasteiger partial charge in [-0.25, -0.2) is 0 Å². The summed E-state index contributed by atoms with van der Waals surface area (Å²) in [6.45, 7) is 5.45. The minimum atomic E-state index is 0. The Morgan fingerprint density at radius 3 is 2.30 bits per heavy atom. The Morgan fingerprint density at radius 1 is 1.30 bits per heavy atom. The van der Waals surface area contributed by atoms with Gasteiger partial charge in [0.05, 0.1) is 0 Å². The van der Waals surface area contributed by atoms with Crippen LogP contribution in [0.4, 0.5) is 0 Å². The molecule has 0 aromatic carbocycles. The summed E-state index contributed by atoms with van der Waals surface area (Å²) in [6, 6.07) is 0.138. The van der Waals surface area contributed by atoms with E-state index in [0.29, 0.717) is 0 Å². The van der Waals surface area contributed by atoms with E-state index in [1.54, 1.807) is 6.08 Å². The van der Waals surface area contributed by atoms with Gasteiger partial charge in [-0.1, -0.05) is 37.0 Å². The monoisotopic (exact) mass is 159 g/mol. The van der Waals surface area contributed by atoms with Crippen LogP contribution in [0.1, 0.15) is 6.92 Å². The summed E-state index contributed by atoms with van der Waals surface area (Å²) in [5, 5.41) is 0. The summed E-state index contributed by atoms with van der Waals surface area (Å²) in [4.78, 5) is 0. The van der Waals surface area contributed by atoms with E-state index in [9.17, 15) is 0 Å². The maximum atomic E-state index is 5.43. The van der Waals surface area contributed by atoms with Gasteiger partial charge in [0.15, 0.2) is 0 Å². The molecule has 1 atom stereocenters. The fraction of sp³-hybridized carbons (Fsp3) is 0.250. The highest BCUT2D eigenvalue weighted by atomic mass is 35.5. The SMILES string of the molecule is C=C/C=C/C=C/C(C)N.Cl. The molecule has 0 saturated heterocycles. The van der Waals surface area contributed by atoms with Crippen molar-refractivity contribution in [1.29, 1.82) is 0 Å². The Balaban J connectivity index is 0. The largest absolute Gasteiger partial charge is 0.325 e. The van der Waals surface area contributed by atoms with Crippen LogP contribution in [-0.2, 0) is 0 Å². The zero-order chi connectivity index (χ0) is 7.11. The van der Waals surface area contributed by atoms with Gasteiger partial charge in [-0.2, -0.15) is 0 Å². The van der Waals surface area contributed by atoms with Crippen molar-refractivity contribution in [3.05, 3.63) is 37.0 Å². The number of halogens is 1. The molecule has 58 valence electrons. The average molecular weight is 160 g/mol. The summed E-state index contributed by atoms with van der Waals surface area (Å²) in [7, 11) is 0. The third-order valence-corrected chi connectivity index (χ3v) is 0.773. The second-order valence-corrected chi connectivity index (χ2v) is 1.86. The van der Waals surface area contributed by atoms with E-state index in [4.69, 9.17) is 5.73 Å². The minimum absolute atomic E-state index is 0. The third kappa shape index (κ3) is 10.5. The van der Waals surface area contributed by atoms with Crippen molar-refractivity contribution in [1.82, 2.24) is 0 Å². The van der Waals surface area contributed by atoms with Crippen LogP contribution in [0.25, 0.3) is 0 Å². The fourth-order valence-electron chi connectivity index (χ4n) is 0.382. The topological polar surface area (TPSA) is 26.0 Å². The van der Waals surface area contributed by atoms with Crippen molar-refractivity contribution >= 4 is 12.4 Å². The van der Waals surface area contributed by atoms with Crippen molar-refractivity contribution in [2.75, 3.05) is 0 Å². The van der Waals surface area contributed by atoms with E-state index < -0.39 is 0 Å². The van der Waals surface area contributed by atoms with E-state index in [1.807, 2.05) is 31.2 Å². The van der Waals surface area contributed by atoms with Crippen molar-refractivity contribution < 1.29 is 0 Å². The van der Waals surface area contributed by atoms with Crippen LogP contribution < -0.4 is 5.73 Å². The van der Waals surface area contributed by atoms with Crippen LogP contribution in [0.2, 0.25) is 0 Å². The average Bonchev–Trinajstić information content (AvgIpc) is 1.80. The molecule has 0 spiro atoms. The molecule has 0 amide bonds. The second kappa shape index (κ2) is 8.47. The summed E-state index contributed by atoms with van der Waals surface area (Å²) in [5.74, 6) is 0. The first-order chi connectivity index (χ1) is 4.27. The van der Waals surface area contributed by atoms with Crippen molar-refractivity contribution in [2.45, 2.75) is 13.0 Å². The van der Waals surface area contributed by atoms with Gasteiger partial charge in [0.25, 0.3) is 0 Å². The maximum Gasteiger partial charge on any atom is 0.0197 e. The molecule has 10 heavy (non-hydrogen) atoms. The maximum absolute atomic E-state index is 5.43. The van der Waals surface area contributed by atoms with Gasteiger partial charge in [-0.15, -0.1) is 12.4 Å². The van der Waals surface area contributed by atoms with Crippen LogP contribution in [0.3, 0.4) is 0 Å². The van der Waals surface area contributed by atoms with E-state index in [-0.39, 0.29) is 18.4 Å². The van der Waals surface area contributed by atoms with Crippen molar-refractivity contribution in [3.8, 4) is 0 Å². The lowest BCUT2D eigenvalue weighted by Gasteiger charge is -1.89. The van der Waals surface area contributed by atoms with E-state index >= 15 is 0 Å². The Morgan fingerprint density at radius 2 is 1.90 bits per heavy atom. The molecule has 0 bridgehead atoms. The Hall–Kier alpha value is -0.530. The third-order valence-electron chi connectivity index (χ3n) is 0.773. The first-order valence-electron chi connectivity index (χ1n) is 2.99. The zero-order valence-electron chi connectivity index (χ0n) is 6.16. The Kier molecular flexibility index (Phi) is 10.3. The fourth-order valence-corrected chi connectivity index (χ4v) is 0.382. The quantitative estimate of drug-likeness (QED) is 0.627. The lowest BCUT2D eigenvalue weighted by Crippen LogP contribution is -2.09. The number of hydrogen-bond donors (Lipinski definition) is 1. The summed E-state index contributed by atoms with van der Waals surface area (Å²) < 4.78 is 0. The standard InChI is InChI=1S/C8H13N.ClH/c1-3-4-5-6-7-8(2)9;/h3-8H,1,9H2,2H3;1H/b5-4+,7-6+;. The first kappa shape index (κ1) is 12.2. The van der Waals surface area contributed by atoms with Gasteiger partial charge in [0, 0.05) is 6.04 Å². The normalized spacial score (nSPS) is 13.4. The van der Waals surface area contributed by atoms with Gasteiger partial charge < -0.3 is 5.73 Å². The summed E-state index contributed by atoms with van der Waals surface area (Å²) in [6.07, 6.45) is 9.31. The number of nitrogens with two attached hydrogens (primary N) is 1. The van der Waals surface area contributed by atoms with E-state index in [1.165, 1.54) is 0 Å². The van der Waals surface area contributed by atoms with Crippen LogP contribution in [0, 0.1) is 0 Å². The van der Waals surface area contributed by atoms with Gasteiger partial charge >= 0.3 is 0 Å². The Bertz CT molecular complexity index is 125. The molecule has 0 heterocycles.